The number of hydrogen-bond acceptors (Lipinski definition) is 3. The van der Waals surface area contributed by atoms with Gasteiger partial charge in [0.05, 0.1) is 5.69 Å². The largest absolute Gasteiger partial charge is 0.337 e. The summed E-state index contributed by atoms with van der Waals surface area (Å²) in [7, 11) is 2.11. The standard InChI is InChI=1S/C15H21N3S/c1-11-5-7-19-14(11)10-18-6-4-13(9-18)15-16-12(2)8-17(15)3/h5,7-8,13H,4,6,9-10H2,1-3H3/t13-/m1/s1. The lowest BCUT2D eigenvalue weighted by molar-refractivity contribution is 0.327. The molecule has 2 aromatic rings. The first-order valence-electron chi connectivity index (χ1n) is 6.88. The first-order chi connectivity index (χ1) is 9.13. The van der Waals surface area contributed by atoms with Gasteiger partial charge in [-0.3, -0.25) is 4.90 Å². The normalized spacial score (nSPS) is 20.3. The number of nitrogens with zero attached hydrogens (tertiary/aromatic N) is 3. The summed E-state index contributed by atoms with van der Waals surface area (Å²) in [6, 6.07) is 2.22. The van der Waals surface area contributed by atoms with Gasteiger partial charge < -0.3 is 4.57 Å². The van der Waals surface area contributed by atoms with Gasteiger partial charge >= 0.3 is 0 Å². The Bertz CT molecular complexity index is 570. The van der Waals surface area contributed by atoms with Crippen LogP contribution in [0.25, 0.3) is 0 Å². The van der Waals surface area contributed by atoms with Crippen LogP contribution >= 0.6 is 11.3 Å². The molecule has 1 aliphatic heterocycles. The van der Waals surface area contributed by atoms with Gasteiger partial charge in [-0.15, -0.1) is 11.3 Å². The molecule has 102 valence electrons. The maximum Gasteiger partial charge on any atom is 0.113 e. The third kappa shape index (κ3) is 2.60. The molecular weight excluding hydrogens is 254 g/mol. The van der Waals surface area contributed by atoms with Crippen molar-refractivity contribution < 1.29 is 0 Å². The van der Waals surface area contributed by atoms with Crippen molar-refractivity contribution in [3.63, 3.8) is 0 Å². The number of thiophene rings is 1. The van der Waals surface area contributed by atoms with Crippen LogP contribution in [0.15, 0.2) is 17.6 Å². The highest BCUT2D eigenvalue weighted by Crippen LogP contribution is 2.28. The molecule has 0 radical (unpaired) electrons. The fraction of sp³-hybridized carbons (Fsp3) is 0.533. The van der Waals surface area contributed by atoms with E-state index in [1.807, 2.05) is 11.3 Å². The minimum absolute atomic E-state index is 0.596. The van der Waals surface area contributed by atoms with E-state index < -0.39 is 0 Å². The van der Waals surface area contributed by atoms with E-state index in [1.54, 1.807) is 0 Å². The maximum atomic E-state index is 4.68. The molecule has 0 N–H and O–H groups in total. The van der Waals surface area contributed by atoms with Crippen molar-refractivity contribution in [1.29, 1.82) is 0 Å². The Morgan fingerprint density at radius 2 is 2.26 bits per heavy atom. The number of aryl methyl sites for hydroxylation is 3. The van der Waals surface area contributed by atoms with Gasteiger partial charge in [0, 0.05) is 37.1 Å². The highest BCUT2D eigenvalue weighted by Gasteiger charge is 2.27. The van der Waals surface area contributed by atoms with E-state index in [-0.39, 0.29) is 0 Å². The molecule has 1 fully saturated rings. The van der Waals surface area contributed by atoms with Crippen LogP contribution in [0, 0.1) is 13.8 Å². The second kappa shape index (κ2) is 5.10. The van der Waals surface area contributed by atoms with Gasteiger partial charge in [-0.05, 0) is 43.8 Å². The first-order valence-corrected chi connectivity index (χ1v) is 7.76. The Morgan fingerprint density at radius 3 is 2.89 bits per heavy atom. The number of imidazole rings is 1. The molecule has 0 aliphatic carbocycles. The molecule has 2 aromatic heterocycles. The first kappa shape index (κ1) is 12.9. The van der Waals surface area contributed by atoms with Crippen molar-refractivity contribution in [2.75, 3.05) is 13.1 Å². The molecule has 1 saturated heterocycles. The van der Waals surface area contributed by atoms with Crippen molar-refractivity contribution in [3.8, 4) is 0 Å². The van der Waals surface area contributed by atoms with Crippen LogP contribution in [0.3, 0.4) is 0 Å². The van der Waals surface area contributed by atoms with Crippen LogP contribution in [0.1, 0.15) is 34.3 Å². The Labute approximate surface area is 118 Å². The fourth-order valence-electron chi connectivity index (χ4n) is 2.97. The molecule has 0 spiro atoms. The molecule has 0 unspecified atom stereocenters. The summed E-state index contributed by atoms with van der Waals surface area (Å²) in [5.74, 6) is 1.85. The van der Waals surface area contributed by atoms with Crippen LogP contribution in [-0.2, 0) is 13.6 Å². The van der Waals surface area contributed by atoms with Crippen LogP contribution in [-0.4, -0.2) is 27.5 Å². The molecule has 3 nitrogen and oxygen atoms in total. The van der Waals surface area contributed by atoms with Crippen molar-refractivity contribution in [1.82, 2.24) is 14.5 Å². The maximum absolute atomic E-state index is 4.68. The molecule has 1 atom stereocenters. The molecule has 0 bridgehead atoms. The lowest BCUT2D eigenvalue weighted by Crippen LogP contribution is -2.20. The third-order valence-electron chi connectivity index (χ3n) is 4.01. The van der Waals surface area contributed by atoms with Gasteiger partial charge in [0.25, 0.3) is 0 Å². The summed E-state index contributed by atoms with van der Waals surface area (Å²) in [5.41, 5.74) is 2.56. The predicted molar refractivity (Wildman–Crippen MR) is 79.6 cm³/mol. The Morgan fingerprint density at radius 1 is 1.42 bits per heavy atom. The number of hydrogen-bond donors (Lipinski definition) is 0. The molecule has 19 heavy (non-hydrogen) atoms. The van der Waals surface area contributed by atoms with Crippen LogP contribution < -0.4 is 0 Å². The third-order valence-corrected chi connectivity index (χ3v) is 5.01. The monoisotopic (exact) mass is 275 g/mol. The molecule has 3 heterocycles. The second-order valence-corrected chi connectivity index (χ2v) is 6.60. The molecular formula is C15H21N3S. The van der Waals surface area contributed by atoms with Gasteiger partial charge in [-0.2, -0.15) is 0 Å². The highest BCUT2D eigenvalue weighted by atomic mass is 32.1. The van der Waals surface area contributed by atoms with E-state index in [0.717, 1.165) is 18.8 Å². The van der Waals surface area contributed by atoms with Crippen LogP contribution in [0.2, 0.25) is 0 Å². The summed E-state index contributed by atoms with van der Waals surface area (Å²) < 4.78 is 2.19. The van der Waals surface area contributed by atoms with Crippen LogP contribution in [0.5, 0.6) is 0 Å². The quantitative estimate of drug-likeness (QED) is 0.858. The van der Waals surface area contributed by atoms with E-state index in [2.05, 4.69) is 53.0 Å². The minimum atomic E-state index is 0.596. The number of likely N-dealkylation sites (tertiary alicyclic amines) is 1. The highest BCUT2D eigenvalue weighted by molar-refractivity contribution is 7.10. The van der Waals surface area contributed by atoms with Gasteiger partial charge in [-0.25, -0.2) is 4.98 Å². The lowest BCUT2D eigenvalue weighted by atomic mass is 10.1. The summed E-state index contributed by atoms with van der Waals surface area (Å²) in [6.07, 6.45) is 3.36. The zero-order chi connectivity index (χ0) is 13.4. The van der Waals surface area contributed by atoms with E-state index in [1.165, 1.54) is 29.2 Å². The van der Waals surface area contributed by atoms with E-state index in [4.69, 9.17) is 0 Å². The lowest BCUT2D eigenvalue weighted by Gasteiger charge is -2.15. The molecule has 1 aliphatic rings. The fourth-order valence-corrected chi connectivity index (χ4v) is 3.92. The van der Waals surface area contributed by atoms with E-state index in [0.29, 0.717) is 5.92 Å². The topological polar surface area (TPSA) is 21.1 Å². The summed E-state index contributed by atoms with van der Waals surface area (Å²) in [4.78, 5) is 8.75. The molecule has 0 saturated carbocycles. The van der Waals surface area contributed by atoms with Gasteiger partial charge in [0.1, 0.15) is 5.82 Å². The SMILES string of the molecule is Cc1cn(C)c([C@@H]2CCN(Cc3sccc3C)C2)n1. The average molecular weight is 275 g/mol. The summed E-state index contributed by atoms with van der Waals surface area (Å²) in [5, 5.41) is 2.19. The summed E-state index contributed by atoms with van der Waals surface area (Å²) >= 11 is 1.88. The van der Waals surface area contributed by atoms with Crippen molar-refractivity contribution >= 4 is 11.3 Å². The number of rotatable bonds is 3. The van der Waals surface area contributed by atoms with E-state index in [9.17, 15) is 0 Å². The van der Waals surface area contributed by atoms with Crippen molar-refractivity contribution in [2.45, 2.75) is 32.7 Å². The molecule has 0 amide bonds. The van der Waals surface area contributed by atoms with E-state index >= 15 is 0 Å². The zero-order valence-electron chi connectivity index (χ0n) is 11.9. The average Bonchev–Trinajstić information content (AvgIpc) is 3.03. The predicted octanol–water partition coefficient (Wildman–Crippen LogP) is 3.09. The summed E-state index contributed by atoms with van der Waals surface area (Å²) in [6.45, 7) is 7.71. The minimum Gasteiger partial charge on any atom is -0.337 e. The Kier molecular flexibility index (Phi) is 3.46. The van der Waals surface area contributed by atoms with Gasteiger partial charge in [0.2, 0.25) is 0 Å². The van der Waals surface area contributed by atoms with Crippen molar-refractivity contribution in [3.05, 3.63) is 39.6 Å². The number of aromatic nitrogens is 2. The Hall–Kier alpha value is -1.13. The van der Waals surface area contributed by atoms with Gasteiger partial charge in [0.15, 0.2) is 0 Å². The molecule has 3 rings (SSSR count). The second-order valence-electron chi connectivity index (χ2n) is 5.60. The zero-order valence-corrected chi connectivity index (χ0v) is 12.7. The van der Waals surface area contributed by atoms with Crippen LogP contribution in [0.4, 0.5) is 0 Å². The molecule has 0 aromatic carbocycles. The Balaban J connectivity index is 1.67. The van der Waals surface area contributed by atoms with Gasteiger partial charge in [-0.1, -0.05) is 0 Å². The smallest absolute Gasteiger partial charge is 0.113 e. The molecule has 4 heteroatoms. The van der Waals surface area contributed by atoms with Crippen molar-refractivity contribution in [2.24, 2.45) is 7.05 Å².